The Morgan fingerprint density at radius 2 is 2.11 bits per heavy atom. The van der Waals surface area contributed by atoms with Gasteiger partial charge in [-0.1, -0.05) is 35.6 Å². The molecule has 1 fully saturated rings. The lowest BCUT2D eigenvalue weighted by atomic mass is 10.1. The Bertz CT molecular complexity index is 1110. The van der Waals surface area contributed by atoms with Crippen LogP contribution in [0.25, 0.3) is 17.0 Å². The van der Waals surface area contributed by atoms with E-state index in [1.807, 2.05) is 38.4 Å². The van der Waals surface area contributed by atoms with Crippen molar-refractivity contribution in [2.24, 2.45) is 12.0 Å². The Balaban J connectivity index is 1.74. The van der Waals surface area contributed by atoms with Crippen LogP contribution >= 0.6 is 23.1 Å². The maximum absolute atomic E-state index is 12.9. The molecule has 3 aromatic rings. The van der Waals surface area contributed by atoms with Gasteiger partial charge in [0.1, 0.15) is 5.01 Å². The average molecular weight is 396 g/mol. The van der Waals surface area contributed by atoms with E-state index in [0.29, 0.717) is 21.7 Å². The van der Waals surface area contributed by atoms with E-state index in [4.69, 9.17) is 0 Å². The highest BCUT2D eigenvalue weighted by Crippen LogP contribution is 2.35. The number of nitrogens with zero attached hydrogens (tertiary/aromatic N) is 5. The van der Waals surface area contributed by atoms with Gasteiger partial charge in [0.25, 0.3) is 5.91 Å². The Kier molecular flexibility index (Phi) is 4.67. The third-order valence-electron chi connectivity index (χ3n) is 4.12. The molecule has 4 rings (SSSR count). The number of rotatable bonds is 4. The van der Waals surface area contributed by atoms with Crippen LogP contribution in [0.15, 0.2) is 53.0 Å². The summed E-state index contributed by atoms with van der Waals surface area (Å²) in [6.45, 7) is 6.03. The van der Waals surface area contributed by atoms with E-state index in [1.54, 1.807) is 11.0 Å². The molecule has 1 aromatic carbocycles. The van der Waals surface area contributed by atoms with E-state index in [2.05, 4.69) is 38.5 Å². The topological polar surface area (TPSA) is 63.4 Å². The number of para-hydroxylation sites is 1. The molecule has 0 aliphatic carbocycles. The summed E-state index contributed by atoms with van der Waals surface area (Å²) >= 11 is 2.75. The van der Waals surface area contributed by atoms with Gasteiger partial charge in [-0.15, -0.1) is 16.8 Å². The van der Waals surface area contributed by atoms with Crippen molar-refractivity contribution < 1.29 is 4.79 Å². The third kappa shape index (κ3) is 3.33. The van der Waals surface area contributed by atoms with E-state index < -0.39 is 0 Å². The highest BCUT2D eigenvalue weighted by atomic mass is 32.2. The number of hydrogen-bond donors (Lipinski definition) is 0. The molecule has 136 valence electrons. The van der Waals surface area contributed by atoms with Crippen molar-refractivity contribution in [3.8, 4) is 0 Å². The number of amidine groups is 1. The molecule has 3 heterocycles. The van der Waals surface area contributed by atoms with Crippen molar-refractivity contribution in [2.75, 3.05) is 6.54 Å². The first-order chi connectivity index (χ1) is 13.1. The summed E-state index contributed by atoms with van der Waals surface area (Å²) in [6, 6.07) is 8.14. The van der Waals surface area contributed by atoms with Crippen LogP contribution in [0.4, 0.5) is 5.13 Å². The molecule has 1 saturated heterocycles. The number of aliphatic imine (C=N–C) groups is 1. The smallest absolute Gasteiger partial charge is 0.267 e. The van der Waals surface area contributed by atoms with Gasteiger partial charge in [0.2, 0.25) is 5.13 Å². The molecule has 0 unspecified atom stereocenters. The second-order valence-electron chi connectivity index (χ2n) is 6.03. The fourth-order valence-corrected chi connectivity index (χ4v) is 4.52. The number of fused-ring (bicyclic) bond motifs is 1. The average Bonchev–Trinajstić information content (AvgIpc) is 3.29. The van der Waals surface area contributed by atoms with E-state index >= 15 is 0 Å². The van der Waals surface area contributed by atoms with Crippen LogP contribution in [0.5, 0.6) is 0 Å². The first-order valence-corrected chi connectivity index (χ1v) is 9.95. The molecule has 1 aliphatic heterocycles. The second kappa shape index (κ2) is 7.13. The zero-order valence-corrected chi connectivity index (χ0v) is 16.5. The number of amides is 1. The summed E-state index contributed by atoms with van der Waals surface area (Å²) in [5.41, 5.74) is 2.14. The van der Waals surface area contributed by atoms with Gasteiger partial charge in [-0.2, -0.15) is 4.99 Å². The summed E-state index contributed by atoms with van der Waals surface area (Å²) in [5, 5.41) is 11.1. The normalized spacial score (nSPS) is 17.6. The van der Waals surface area contributed by atoms with Crippen LogP contribution in [-0.2, 0) is 11.8 Å². The summed E-state index contributed by atoms with van der Waals surface area (Å²) in [4.78, 5) is 19.7. The van der Waals surface area contributed by atoms with E-state index in [0.717, 1.165) is 21.5 Å². The molecule has 1 amide bonds. The van der Waals surface area contributed by atoms with E-state index in [9.17, 15) is 4.79 Å². The highest BCUT2D eigenvalue weighted by Gasteiger charge is 2.33. The van der Waals surface area contributed by atoms with Crippen LogP contribution < -0.4 is 0 Å². The molecule has 1 aliphatic rings. The van der Waals surface area contributed by atoms with Crippen molar-refractivity contribution in [3.63, 3.8) is 0 Å². The van der Waals surface area contributed by atoms with Gasteiger partial charge in [0.05, 0.1) is 4.91 Å². The zero-order valence-electron chi connectivity index (χ0n) is 14.9. The molecule has 0 spiro atoms. The van der Waals surface area contributed by atoms with Crippen LogP contribution in [0.3, 0.4) is 0 Å². The molecular formula is C19H17N5OS2. The standard InChI is InChI=1S/C19H17N5OS2/c1-4-9-24-17(25)16(27-19(24)20-18-22-21-12(2)26-18)10-13-11-23(3)15-8-6-5-7-14(13)15/h4-8,10-11H,1,9H2,2-3H3/b16-10-,20-19+. The molecule has 0 N–H and O–H groups in total. The third-order valence-corrected chi connectivity index (χ3v) is 5.86. The zero-order chi connectivity index (χ0) is 19.0. The van der Waals surface area contributed by atoms with Gasteiger partial charge < -0.3 is 4.57 Å². The van der Waals surface area contributed by atoms with Gasteiger partial charge in [-0.25, -0.2) is 0 Å². The number of carbonyl (C=O) groups excluding carboxylic acids is 1. The summed E-state index contributed by atoms with van der Waals surface area (Å²) in [5.74, 6) is -0.0761. The van der Waals surface area contributed by atoms with Gasteiger partial charge >= 0.3 is 0 Å². The molecule has 0 atom stereocenters. The van der Waals surface area contributed by atoms with E-state index in [1.165, 1.54) is 23.1 Å². The molecule has 6 nitrogen and oxygen atoms in total. The predicted octanol–water partition coefficient (Wildman–Crippen LogP) is 4.13. The van der Waals surface area contributed by atoms with Gasteiger partial charge in [-0.3, -0.25) is 9.69 Å². The van der Waals surface area contributed by atoms with Crippen LogP contribution in [0.1, 0.15) is 10.6 Å². The fraction of sp³-hybridized carbons (Fsp3) is 0.158. The Morgan fingerprint density at radius 1 is 1.30 bits per heavy atom. The molecule has 8 heteroatoms. The van der Waals surface area contributed by atoms with E-state index in [-0.39, 0.29) is 5.91 Å². The first kappa shape index (κ1) is 17.7. The Hall–Kier alpha value is -2.71. The minimum Gasteiger partial charge on any atom is -0.350 e. The molecule has 27 heavy (non-hydrogen) atoms. The van der Waals surface area contributed by atoms with Crippen molar-refractivity contribution in [1.82, 2.24) is 19.7 Å². The largest absolute Gasteiger partial charge is 0.350 e. The highest BCUT2D eigenvalue weighted by molar-refractivity contribution is 8.18. The SMILES string of the molecule is C=CCN1C(=O)/C(=C/c2cn(C)c3ccccc23)S/C1=N/c1nnc(C)s1. The number of thioether (sulfide) groups is 1. The van der Waals surface area contributed by atoms with Crippen LogP contribution in [-0.4, -0.2) is 37.3 Å². The lowest BCUT2D eigenvalue weighted by Gasteiger charge is -2.11. The number of aryl methyl sites for hydroxylation is 2. The summed E-state index contributed by atoms with van der Waals surface area (Å²) in [6.07, 6.45) is 5.66. The number of carbonyl (C=O) groups is 1. The molecule has 2 aromatic heterocycles. The molecule has 0 bridgehead atoms. The summed E-state index contributed by atoms with van der Waals surface area (Å²) < 4.78 is 2.06. The van der Waals surface area contributed by atoms with Crippen molar-refractivity contribution in [1.29, 1.82) is 0 Å². The van der Waals surface area contributed by atoms with Crippen LogP contribution in [0, 0.1) is 6.92 Å². The van der Waals surface area contributed by atoms with Gasteiger partial charge in [0.15, 0.2) is 5.17 Å². The van der Waals surface area contributed by atoms with Crippen molar-refractivity contribution >= 4 is 56.3 Å². The minimum absolute atomic E-state index is 0.0761. The number of aromatic nitrogens is 3. The fourth-order valence-electron chi connectivity index (χ4n) is 2.92. The monoisotopic (exact) mass is 395 g/mol. The number of hydrogen-bond acceptors (Lipinski definition) is 6. The molecule has 0 radical (unpaired) electrons. The summed E-state index contributed by atoms with van der Waals surface area (Å²) in [7, 11) is 2.00. The number of benzene rings is 1. The quantitative estimate of drug-likeness (QED) is 0.492. The molecular weight excluding hydrogens is 378 g/mol. The first-order valence-electron chi connectivity index (χ1n) is 8.32. The second-order valence-corrected chi connectivity index (χ2v) is 8.19. The van der Waals surface area contributed by atoms with Crippen LogP contribution in [0.2, 0.25) is 0 Å². The van der Waals surface area contributed by atoms with Crippen molar-refractivity contribution in [3.05, 3.63) is 58.6 Å². The Morgan fingerprint density at radius 3 is 2.85 bits per heavy atom. The maximum atomic E-state index is 12.9. The molecule has 0 saturated carbocycles. The maximum Gasteiger partial charge on any atom is 0.267 e. The minimum atomic E-state index is -0.0761. The lowest BCUT2D eigenvalue weighted by Crippen LogP contribution is -2.29. The predicted molar refractivity (Wildman–Crippen MR) is 112 cm³/mol. The van der Waals surface area contributed by atoms with Gasteiger partial charge in [-0.05, 0) is 30.8 Å². The van der Waals surface area contributed by atoms with Crippen molar-refractivity contribution in [2.45, 2.75) is 6.92 Å². The van der Waals surface area contributed by atoms with Gasteiger partial charge in [0, 0.05) is 36.3 Å². The Labute approximate surface area is 164 Å². The lowest BCUT2D eigenvalue weighted by molar-refractivity contribution is -0.121.